The van der Waals surface area contributed by atoms with Gasteiger partial charge in [-0.05, 0) is 29.7 Å². The summed E-state index contributed by atoms with van der Waals surface area (Å²) in [4.78, 5) is 28.9. The monoisotopic (exact) mass is 455 g/mol. The van der Waals surface area contributed by atoms with Crippen LogP contribution in [0.5, 0.6) is 5.75 Å². The van der Waals surface area contributed by atoms with E-state index in [2.05, 4.69) is 10.3 Å². The number of phenols is 1. The number of nitrogens with two attached hydrogens (primary N) is 1. The van der Waals surface area contributed by atoms with E-state index in [0.717, 1.165) is 11.1 Å². The van der Waals surface area contributed by atoms with Gasteiger partial charge >= 0.3 is 5.97 Å². The molecule has 0 aliphatic rings. The van der Waals surface area contributed by atoms with Crippen LogP contribution in [-0.4, -0.2) is 40.9 Å². The van der Waals surface area contributed by atoms with Crippen LogP contribution in [0.3, 0.4) is 0 Å². The van der Waals surface area contributed by atoms with E-state index in [1.807, 2.05) is 30.3 Å². The number of hydrogen-bond acceptors (Lipinski definition) is 8. The fourth-order valence-corrected chi connectivity index (χ4v) is 3.95. The van der Waals surface area contributed by atoms with E-state index in [4.69, 9.17) is 14.9 Å². The Hall–Kier alpha value is -3.30. The Kier molecular flexibility index (Phi) is 8.29. The number of esters is 1. The highest BCUT2D eigenvalue weighted by Gasteiger charge is 2.24. The summed E-state index contributed by atoms with van der Waals surface area (Å²) in [7, 11) is 1.28. The number of hydrogen-bond donors (Lipinski definition) is 3. The summed E-state index contributed by atoms with van der Waals surface area (Å²) in [6.45, 7) is 0. The molecular formula is C23H25N3O5S. The standard InChI is InChI=1S/C23H25N3O5S/c1-30-23(29)20(14-32-13-16-5-3-2-4-6-16)25-21(28)19-12-31-22(26-19)18(24)11-15-7-9-17(27)10-8-15/h2-10,12,18,20,27H,11,13-14,24H2,1H3,(H,25,28). The number of rotatable bonds is 10. The molecule has 0 saturated heterocycles. The van der Waals surface area contributed by atoms with Crippen molar-refractivity contribution in [3.05, 3.63) is 83.6 Å². The van der Waals surface area contributed by atoms with Crippen LogP contribution in [0.25, 0.3) is 0 Å². The number of benzene rings is 2. The second kappa shape index (κ2) is 11.4. The van der Waals surface area contributed by atoms with Gasteiger partial charge in [0.25, 0.3) is 5.91 Å². The molecule has 0 fully saturated rings. The number of carbonyl (C=O) groups is 2. The Morgan fingerprint density at radius 2 is 1.88 bits per heavy atom. The summed E-state index contributed by atoms with van der Waals surface area (Å²) >= 11 is 1.51. The maximum atomic E-state index is 12.6. The molecule has 0 aliphatic carbocycles. The zero-order valence-corrected chi connectivity index (χ0v) is 18.4. The van der Waals surface area contributed by atoms with Crippen molar-refractivity contribution in [2.75, 3.05) is 12.9 Å². The van der Waals surface area contributed by atoms with Crippen molar-refractivity contribution >= 4 is 23.6 Å². The first-order valence-corrected chi connectivity index (χ1v) is 11.1. The minimum atomic E-state index is -0.827. The number of carbonyl (C=O) groups excluding carboxylic acids is 2. The van der Waals surface area contributed by atoms with Crippen LogP contribution in [-0.2, 0) is 21.7 Å². The molecule has 32 heavy (non-hydrogen) atoms. The molecule has 1 amide bonds. The maximum absolute atomic E-state index is 12.6. The molecule has 2 aromatic carbocycles. The average molecular weight is 456 g/mol. The predicted molar refractivity (Wildman–Crippen MR) is 121 cm³/mol. The number of aromatic nitrogens is 1. The Morgan fingerprint density at radius 1 is 1.16 bits per heavy atom. The zero-order valence-electron chi connectivity index (χ0n) is 17.6. The highest BCUT2D eigenvalue weighted by atomic mass is 32.2. The van der Waals surface area contributed by atoms with Crippen LogP contribution >= 0.6 is 11.8 Å². The van der Waals surface area contributed by atoms with Crippen LogP contribution in [0.4, 0.5) is 0 Å². The van der Waals surface area contributed by atoms with Crippen molar-refractivity contribution < 1.29 is 23.8 Å². The van der Waals surface area contributed by atoms with E-state index >= 15 is 0 Å². The van der Waals surface area contributed by atoms with Crippen molar-refractivity contribution in [1.82, 2.24) is 10.3 Å². The quantitative estimate of drug-likeness (QED) is 0.398. The van der Waals surface area contributed by atoms with Gasteiger partial charge in [-0.15, -0.1) is 0 Å². The third kappa shape index (κ3) is 6.60. The lowest BCUT2D eigenvalue weighted by atomic mass is 10.1. The third-order valence-corrected chi connectivity index (χ3v) is 5.76. The summed E-state index contributed by atoms with van der Waals surface area (Å²) in [5.74, 6) is 0.331. The number of amides is 1. The van der Waals surface area contributed by atoms with E-state index in [1.165, 1.54) is 25.1 Å². The normalized spacial score (nSPS) is 12.7. The minimum absolute atomic E-state index is 0.0307. The van der Waals surface area contributed by atoms with Gasteiger partial charge in [0.05, 0.1) is 13.2 Å². The molecular weight excluding hydrogens is 430 g/mol. The summed E-state index contributed by atoms with van der Waals surface area (Å²) in [6, 6.07) is 15.1. The Labute approximate surface area is 190 Å². The molecule has 168 valence electrons. The van der Waals surface area contributed by atoms with Gasteiger partial charge in [-0.1, -0.05) is 42.5 Å². The average Bonchev–Trinajstić information content (AvgIpc) is 3.31. The summed E-state index contributed by atoms with van der Waals surface area (Å²) in [5, 5.41) is 12.0. The first kappa shape index (κ1) is 23.4. The highest BCUT2D eigenvalue weighted by molar-refractivity contribution is 7.98. The van der Waals surface area contributed by atoms with Crippen molar-refractivity contribution in [2.24, 2.45) is 5.73 Å². The third-order valence-electron chi connectivity index (χ3n) is 4.65. The largest absolute Gasteiger partial charge is 0.508 e. The molecule has 0 aliphatic heterocycles. The molecule has 0 saturated carbocycles. The first-order valence-electron chi connectivity index (χ1n) is 9.95. The Balaban J connectivity index is 1.57. The van der Waals surface area contributed by atoms with E-state index < -0.39 is 24.0 Å². The van der Waals surface area contributed by atoms with E-state index in [0.29, 0.717) is 17.9 Å². The lowest BCUT2D eigenvalue weighted by Gasteiger charge is -2.15. The number of thioether (sulfide) groups is 1. The molecule has 0 spiro atoms. The predicted octanol–water partition coefficient (Wildman–Crippen LogP) is 2.83. The number of methoxy groups -OCH3 is 1. The number of oxazole rings is 1. The molecule has 8 nitrogen and oxygen atoms in total. The number of ether oxygens (including phenoxy) is 1. The lowest BCUT2D eigenvalue weighted by Crippen LogP contribution is -2.43. The van der Waals surface area contributed by atoms with Gasteiger partial charge in [0.1, 0.15) is 18.1 Å². The van der Waals surface area contributed by atoms with Gasteiger partial charge in [-0.25, -0.2) is 9.78 Å². The second-order valence-corrected chi connectivity index (χ2v) is 8.13. The van der Waals surface area contributed by atoms with Crippen molar-refractivity contribution in [1.29, 1.82) is 0 Å². The van der Waals surface area contributed by atoms with Crippen LogP contribution in [0.2, 0.25) is 0 Å². The van der Waals surface area contributed by atoms with Crippen molar-refractivity contribution in [3.8, 4) is 5.75 Å². The van der Waals surface area contributed by atoms with Crippen LogP contribution < -0.4 is 11.1 Å². The molecule has 4 N–H and O–H groups in total. The molecule has 3 rings (SSSR count). The molecule has 0 bridgehead atoms. The molecule has 0 radical (unpaired) electrons. The number of nitrogens with one attached hydrogen (secondary N) is 1. The van der Waals surface area contributed by atoms with E-state index in [1.54, 1.807) is 24.3 Å². The van der Waals surface area contributed by atoms with Gasteiger partial charge in [-0.2, -0.15) is 11.8 Å². The smallest absolute Gasteiger partial charge is 0.329 e. The van der Waals surface area contributed by atoms with Crippen LogP contribution in [0.1, 0.15) is 33.5 Å². The van der Waals surface area contributed by atoms with E-state index in [9.17, 15) is 14.7 Å². The fraction of sp³-hybridized carbons (Fsp3) is 0.261. The van der Waals surface area contributed by atoms with Gasteiger partial charge in [-0.3, -0.25) is 4.79 Å². The number of nitrogens with zero attached hydrogens (tertiary/aromatic N) is 1. The topological polar surface area (TPSA) is 128 Å². The summed E-state index contributed by atoms with van der Waals surface area (Å²) in [5.41, 5.74) is 8.18. The second-order valence-electron chi connectivity index (χ2n) is 7.10. The van der Waals surface area contributed by atoms with Crippen LogP contribution in [0, 0.1) is 0 Å². The Bertz CT molecular complexity index is 1020. The molecule has 2 atom stereocenters. The van der Waals surface area contributed by atoms with Gasteiger partial charge < -0.3 is 25.3 Å². The maximum Gasteiger partial charge on any atom is 0.329 e. The molecule has 9 heteroatoms. The SMILES string of the molecule is COC(=O)C(CSCc1ccccc1)NC(=O)c1coc(C(N)Cc2ccc(O)cc2)n1. The molecule has 3 aromatic rings. The minimum Gasteiger partial charge on any atom is -0.508 e. The number of phenolic OH excluding ortho intramolecular Hbond substituents is 1. The summed E-state index contributed by atoms with van der Waals surface area (Å²) < 4.78 is 10.2. The molecule has 1 aromatic heterocycles. The summed E-state index contributed by atoms with van der Waals surface area (Å²) in [6.07, 6.45) is 1.63. The van der Waals surface area contributed by atoms with Crippen molar-refractivity contribution in [2.45, 2.75) is 24.3 Å². The fourth-order valence-electron chi connectivity index (χ4n) is 2.95. The highest BCUT2D eigenvalue weighted by Crippen LogP contribution is 2.18. The first-order chi connectivity index (χ1) is 15.5. The number of aromatic hydroxyl groups is 1. The van der Waals surface area contributed by atoms with E-state index in [-0.39, 0.29) is 17.3 Å². The van der Waals surface area contributed by atoms with Crippen LogP contribution in [0.15, 0.2) is 65.3 Å². The zero-order chi connectivity index (χ0) is 22.9. The lowest BCUT2D eigenvalue weighted by molar-refractivity contribution is -0.142. The van der Waals surface area contributed by atoms with Gasteiger partial charge in [0.15, 0.2) is 5.69 Å². The Morgan fingerprint density at radius 3 is 2.56 bits per heavy atom. The van der Waals surface area contributed by atoms with Gasteiger partial charge in [0.2, 0.25) is 5.89 Å². The van der Waals surface area contributed by atoms with Gasteiger partial charge in [0, 0.05) is 11.5 Å². The van der Waals surface area contributed by atoms with Crippen molar-refractivity contribution in [3.63, 3.8) is 0 Å². The molecule has 2 unspecified atom stereocenters. The molecule has 1 heterocycles.